The molecule has 172 valence electrons. The molecule has 4 rings (SSSR count). The van der Waals surface area contributed by atoms with Gasteiger partial charge in [0, 0.05) is 12.7 Å². The van der Waals surface area contributed by atoms with E-state index in [0.29, 0.717) is 11.0 Å². The minimum Gasteiger partial charge on any atom is -0.445 e. The molecule has 1 aliphatic rings. The highest BCUT2D eigenvalue weighted by molar-refractivity contribution is 6.56. The minimum atomic E-state index is -0.682. The molecule has 1 aliphatic heterocycles. The van der Waals surface area contributed by atoms with Gasteiger partial charge in [0.15, 0.2) is 0 Å². The first kappa shape index (κ1) is 22.8. The molecule has 0 aliphatic carbocycles. The summed E-state index contributed by atoms with van der Waals surface area (Å²) in [5.41, 5.74) is 1.37. The molecule has 2 aromatic heterocycles. The van der Waals surface area contributed by atoms with Crippen molar-refractivity contribution >= 4 is 24.8 Å². The Morgan fingerprint density at radius 3 is 2.58 bits per heavy atom. The van der Waals surface area contributed by atoms with Crippen molar-refractivity contribution in [2.24, 2.45) is 0 Å². The summed E-state index contributed by atoms with van der Waals surface area (Å²) in [6.45, 7) is 8.15. The van der Waals surface area contributed by atoms with Crippen molar-refractivity contribution in [2.75, 3.05) is 6.54 Å². The van der Waals surface area contributed by atoms with Crippen molar-refractivity contribution in [3.8, 4) is 0 Å². The zero-order chi connectivity index (χ0) is 23.6. The normalized spacial score (nSPS) is 17.3. The highest BCUT2D eigenvalue weighted by Crippen LogP contribution is 2.38. The van der Waals surface area contributed by atoms with Crippen LogP contribution in [0.1, 0.15) is 38.8 Å². The number of rotatable bonds is 6. The van der Waals surface area contributed by atoms with Crippen LogP contribution in [0.5, 0.6) is 0 Å². The number of nitrogens with one attached hydrogen (secondary N) is 2. The lowest BCUT2D eigenvalue weighted by molar-refractivity contribution is 0.00578. The number of nitrogens with zero attached hydrogens (tertiary/aromatic N) is 2. The van der Waals surface area contributed by atoms with Crippen LogP contribution in [0, 0.1) is 0 Å². The molecule has 1 aromatic carbocycles. The third-order valence-corrected chi connectivity index (χ3v) is 5.99. The second kappa shape index (κ2) is 8.88. The second-order valence-corrected chi connectivity index (χ2v) is 8.94. The average Bonchev–Trinajstić information content (AvgIpc) is 3.28. The summed E-state index contributed by atoms with van der Waals surface area (Å²) in [6, 6.07) is 11.2. The van der Waals surface area contributed by atoms with Gasteiger partial charge in [-0.3, -0.25) is 4.79 Å². The predicted octanol–water partition coefficient (Wildman–Crippen LogP) is 2.96. The molecule has 2 N–H and O–H groups in total. The number of aromatic nitrogens is 3. The first-order valence-corrected chi connectivity index (χ1v) is 10.7. The molecule has 0 saturated carbocycles. The zero-order valence-corrected chi connectivity index (χ0v) is 19.1. The van der Waals surface area contributed by atoms with E-state index in [-0.39, 0.29) is 18.7 Å². The Morgan fingerprint density at radius 1 is 1.21 bits per heavy atom. The van der Waals surface area contributed by atoms with E-state index in [2.05, 4.69) is 15.4 Å². The lowest BCUT2D eigenvalue weighted by Crippen LogP contribution is -2.41. The average molecular weight is 450 g/mol. The molecular weight excluding hydrogens is 423 g/mol. The maximum Gasteiger partial charge on any atom is 0.492 e. The minimum absolute atomic E-state index is 0.139. The van der Waals surface area contributed by atoms with Crippen LogP contribution in [0.15, 0.2) is 59.2 Å². The van der Waals surface area contributed by atoms with Crippen LogP contribution in [0.25, 0.3) is 11.6 Å². The standard InChI is InChI=1S/C23H27BN4O5/c1-22(2)23(3,4)33-24(32-22)18(10-17-11-19-20(29)26-15-27-28(19)13-17)12-25-21(30)31-14-16-8-6-5-7-9-16/h5-11,13,15H,12,14H2,1-4H3,(H,25,30)(H,26,27,29). The number of H-pyrrole nitrogens is 1. The first-order valence-electron chi connectivity index (χ1n) is 10.7. The van der Waals surface area contributed by atoms with Gasteiger partial charge in [-0.25, -0.2) is 9.31 Å². The van der Waals surface area contributed by atoms with Crippen molar-refractivity contribution in [2.45, 2.75) is 45.5 Å². The van der Waals surface area contributed by atoms with E-state index in [0.717, 1.165) is 11.1 Å². The maximum atomic E-state index is 12.3. The number of aromatic amines is 1. The van der Waals surface area contributed by atoms with Gasteiger partial charge in [0.1, 0.15) is 18.5 Å². The van der Waals surface area contributed by atoms with Crippen LogP contribution in [0.4, 0.5) is 4.79 Å². The van der Waals surface area contributed by atoms with Gasteiger partial charge < -0.3 is 24.3 Å². The SMILES string of the molecule is CC1(C)OB(C(=Cc2cc3c(=O)[nH]cnn3c2)CNC(=O)OCc2ccccc2)OC1(C)C. The monoisotopic (exact) mass is 450 g/mol. The quantitative estimate of drug-likeness (QED) is 0.560. The largest absolute Gasteiger partial charge is 0.492 e. The van der Waals surface area contributed by atoms with Gasteiger partial charge in [-0.2, -0.15) is 5.10 Å². The van der Waals surface area contributed by atoms with E-state index in [9.17, 15) is 9.59 Å². The van der Waals surface area contributed by atoms with Crippen LogP contribution in [0.3, 0.4) is 0 Å². The predicted molar refractivity (Wildman–Crippen MR) is 125 cm³/mol. The smallest absolute Gasteiger partial charge is 0.445 e. The molecule has 1 amide bonds. The topological polar surface area (TPSA) is 107 Å². The summed E-state index contributed by atoms with van der Waals surface area (Å²) < 4.78 is 19.2. The molecule has 1 fully saturated rings. The number of amides is 1. The summed E-state index contributed by atoms with van der Waals surface area (Å²) in [6.07, 6.45) is 4.33. The third-order valence-electron chi connectivity index (χ3n) is 5.99. The Bertz CT molecular complexity index is 1220. The van der Waals surface area contributed by atoms with E-state index in [1.165, 1.54) is 10.8 Å². The van der Waals surface area contributed by atoms with Crippen molar-refractivity contribution in [3.63, 3.8) is 0 Å². The number of benzene rings is 1. The van der Waals surface area contributed by atoms with E-state index >= 15 is 0 Å². The van der Waals surface area contributed by atoms with E-state index in [1.807, 2.05) is 64.1 Å². The Morgan fingerprint density at radius 2 is 1.91 bits per heavy atom. The van der Waals surface area contributed by atoms with Gasteiger partial charge in [-0.15, -0.1) is 0 Å². The lowest BCUT2D eigenvalue weighted by Gasteiger charge is -2.32. The van der Waals surface area contributed by atoms with E-state index in [4.69, 9.17) is 14.0 Å². The molecule has 0 atom stereocenters. The van der Waals surface area contributed by atoms with E-state index < -0.39 is 24.4 Å². The molecular formula is C23H27BN4O5. The highest BCUT2D eigenvalue weighted by atomic mass is 16.7. The Balaban J connectivity index is 1.53. The number of carbonyl (C=O) groups excluding carboxylic acids is 1. The molecule has 33 heavy (non-hydrogen) atoms. The zero-order valence-electron chi connectivity index (χ0n) is 19.1. The summed E-state index contributed by atoms with van der Waals surface area (Å²) >= 11 is 0. The molecule has 3 heterocycles. The molecule has 0 radical (unpaired) electrons. The Kier molecular flexibility index (Phi) is 6.14. The molecule has 9 nitrogen and oxygen atoms in total. The summed E-state index contributed by atoms with van der Waals surface area (Å²) in [5.74, 6) is 0. The molecule has 0 bridgehead atoms. The number of fused-ring (bicyclic) bond motifs is 1. The fraction of sp³-hybridized carbons (Fsp3) is 0.348. The van der Waals surface area contributed by atoms with Crippen LogP contribution in [-0.2, 0) is 20.7 Å². The van der Waals surface area contributed by atoms with Gasteiger partial charge in [-0.05, 0) is 50.4 Å². The molecule has 3 aromatic rings. The molecule has 1 saturated heterocycles. The summed E-state index contributed by atoms with van der Waals surface area (Å²) in [5, 5.41) is 6.89. The lowest BCUT2D eigenvalue weighted by atomic mass is 9.77. The fourth-order valence-electron chi connectivity index (χ4n) is 3.40. The van der Waals surface area contributed by atoms with Crippen molar-refractivity contribution in [3.05, 3.63) is 75.9 Å². The van der Waals surface area contributed by atoms with Crippen molar-refractivity contribution < 1.29 is 18.8 Å². The van der Waals surface area contributed by atoms with Crippen LogP contribution in [0.2, 0.25) is 0 Å². The molecule has 10 heteroatoms. The van der Waals surface area contributed by atoms with E-state index in [1.54, 1.807) is 12.3 Å². The van der Waals surface area contributed by atoms with Gasteiger partial charge >= 0.3 is 13.2 Å². The second-order valence-electron chi connectivity index (χ2n) is 8.94. The van der Waals surface area contributed by atoms with Gasteiger partial charge in [0.2, 0.25) is 0 Å². The van der Waals surface area contributed by atoms with Crippen molar-refractivity contribution in [1.82, 2.24) is 19.9 Å². The van der Waals surface area contributed by atoms with Gasteiger partial charge in [0.05, 0.1) is 11.2 Å². The number of ether oxygens (including phenoxy) is 1. The number of hydrogen-bond acceptors (Lipinski definition) is 6. The number of carbonyl (C=O) groups is 1. The summed E-state index contributed by atoms with van der Waals surface area (Å²) in [7, 11) is -0.682. The highest BCUT2D eigenvalue weighted by Gasteiger charge is 2.52. The van der Waals surface area contributed by atoms with Crippen LogP contribution in [-0.4, -0.2) is 45.6 Å². The molecule has 0 unspecified atom stereocenters. The maximum absolute atomic E-state index is 12.3. The fourth-order valence-corrected chi connectivity index (χ4v) is 3.40. The van der Waals surface area contributed by atoms with Gasteiger partial charge in [-0.1, -0.05) is 36.4 Å². The third kappa shape index (κ3) is 5.02. The van der Waals surface area contributed by atoms with Crippen molar-refractivity contribution in [1.29, 1.82) is 0 Å². The van der Waals surface area contributed by atoms with Crippen LogP contribution < -0.4 is 10.9 Å². The van der Waals surface area contributed by atoms with Crippen LogP contribution >= 0.6 is 0 Å². The number of alkyl carbamates (subject to hydrolysis) is 1. The molecule has 0 spiro atoms. The number of hydrogen-bond donors (Lipinski definition) is 2. The Hall–Kier alpha value is -3.37. The summed E-state index contributed by atoms with van der Waals surface area (Å²) in [4.78, 5) is 26.9. The van der Waals surface area contributed by atoms with Gasteiger partial charge in [0.25, 0.3) is 5.56 Å². The first-order chi connectivity index (χ1) is 15.6. The Labute approximate surface area is 191 Å².